The molecule has 0 aliphatic carbocycles. The van der Waals surface area contributed by atoms with Crippen LogP contribution in [0.15, 0.2) is 39.9 Å². The Kier molecular flexibility index (Phi) is 7.81. The summed E-state index contributed by atoms with van der Waals surface area (Å²) in [6.07, 6.45) is 4.46. The molecule has 8 heteroatoms. The van der Waals surface area contributed by atoms with Crippen LogP contribution in [0.5, 0.6) is 0 Å². The molecule has 1 fully saturated rings. The van der Waals surface area contributed by atoms with Gasteiger partial charge in [-0.3, -0.25) is 4.99 Å². The lowest BCUT2D eigenvalue weighted by atomic mass is 10.2. The molecule has 0 amide bonds. The maximum atomic E-state index is 13.0. The molecule has 1 aliphatic heterocycles. The lowest BCUT2D eigenvalue weighted by molar-refractivity contribution is 0.0420. The van der Waals surface area contributed by atoms with Crippen LogP contribution in [-0.2, 0) is 15.9 Å². The van der Waals surface area contributed by atoms with Crippen LogP contribution in [0, 0.1) is 5.82 Å². The van der Waals surface area contributed by atoms with Gasteiger partial charge in [0.2, 0.25) is 5.89 Å². The summed E-state index contributed by atoms with van der Waals surface area (Å²) in [6.45, 7) is 3.68. The van der Waals surface area contributed by atoms with E-state index in [1.54, 1.807) is 25.4 Å². The van der Waals surface area contributed by atoms with Crippen LogP contribution in [0.1, 0.15) is 18.5 Å². The highest BCUT2D eigenvalue weighted by molar-refractivity contribution is 5.79. The molecule has 0 bridgehead atoms. The Labute approximate surface area is 164 Å². The first-order valence-corrected chi connectivity index (χ1v) is 9.59. The fraction of sp³-hybridized carbons (Fsp3) is 0.500. The minimum Gasteiger partial charge on any atom is -0.444 e. The zero-order valence-corrected chi connectivity index (χ0v) is 16.1. The van der Waals surface area contributed by atoms with E-state index in [2.05, 4.69) is 20.6 Å². The second-order valence-corrected chi connectivity index (χ2v) is 6.54. The third-order valence-corrected chi connectivity index (χ3v) is 4.40. The Morgan fingerprint density at radius 1 is 1.29 bits per heavy atom. The van der Waals surface area contributed by atoms with Gasteiger partial charge in [0.1, 0.15) is 12.1 Å². The highest BCUT2D eigenvalue weighted by Crippen LogP contribution is 2.18. The Balaban J connectivity index is 1.32. The lowest BCUT2D eigenvalue weighted by Crippen LogP contribution is -2.39. The number of halogens is 1. The third kappa shape index (κ3) is 6.31. The molecule has 1 aromatic heterocycles. The minimum atomic E-state index is -0.280. The average molecular weight is 390 g/mol. The number of nitrogens with one attached hydrogen (secondary N) is 2. The summed E-state index contributed by atoms with van der Waals surface area (Å²) in [4.78, 5) is 8.65. The molecule has 1 unspecified atom stereocenters. The Bertz CT molecular complexity index is 742. The number of aliphatic imine (C=N–C) groups is 1. The molecule has 0 saturated carbocycles. The fourth-order valence-corrected chi connectivity index (χ4v) is 2.85. The standard InChI is InChI=1S/C20H27FN4O3/c1-22-20(23-9-2-11-27-18-8-12-26-14-18)24-10-7-17-13-28-19(25-17)15-3-5-16(21)6-4-15/h3-6,13,18H,2,7-12,14H2,1H3,(H2,22,23,24). The van der Waals surface area contributed by atoms with Gasteiger partial charge in [-0.1, -0.05) is 0 Å². The lowest BCUT2D eigenvalue weighted by Gasteiger charge is -2.12. The van der Waals surface area contributed by atoms with Gasteiger partial charge in [0.25, 0.3) is 0 Å². The van der Waals surface area contributed by atoms with Crippen LogP contribution in [0.2, 0.25) is 0 Å². The molecule has 2 aromatic rings. The second kappa shape index (κ2) is 10.8. The van der Waals surface area contributed by atoms with Gasteiger partial charge in [0.05, 0.1) is 18.4 Å². The highest BCUT2D eigenvalue weighted by atomic mass is 19.1. The van der Waals surface area contributed by atoms with Crippen molar-refractivity contribution in [1.82, 2.24) is 15.6 Å². The second-order valence-electron chi connectivity index (χ2n) is 6.54. The van der Waals surface area contributed by atoms with Gasteiger partial charge in [0, 0.05) is 45.3 Å². The first-order valence-electron chi connectivity index (χ1n) is 9.59. The van der Waals surface area contributed by atoms with E-state index in [9.17, 15) is 4.39 Å². The van der Waals surface area contributed by atoms with Crippen LogP contribution in [-0.4, -0.2) is 57.0 Å². The molecule has 0 spiro atoms. The van der Waals surface area contributed by atoms with E-state index in [4.69, 9.17) is 13.9 Å². The van der Waals surface area contributed by atoms with Gasteiger partial charge >= 0.3 is 0 Å². The number of benzene rings is 1. The van der Waals surface area contributed by atoms with Gasteiger partial charge < -0.3 is 24.5 Å². The number of ether oxygens (including phenoxy) is 2. The minimum absolute atomic E-state index is 0.250. The topological polar surface area (TPSA) is 80.9 Å². The van der Waals surface area contributed by atoms with Crippen LogP contribution < -0.4 is 10.6 Å². The van der Waals surface area contributed by atoms with Crippen molar-refractivity contribution in [2.75, 3.05) is 40.0 Å². The number of oxazole rings is 1. The van der Waals surface area contributed by atoms with Crippen molar-refractivity contribution in [3.63, 3.8) is 0 Å². The van der Waals surface area contributed by atoms with E-state index in [1.165, 1.54) is 12.1 Å². The van der Waals surface area contributed by atoms with Crippen molar-refractivity contribution in [3.05, 3.63) is 42.0 Å². The Morgan fingerprint density at radius 2 is 2.11 bits per heavy atom. The number of nitrogens with zero attached hydrogens (tertiary/aromatic N) is 2. The summed E-state index contributed by atoms with van der Waals surface area (Å²) in [7, 11) is 1.74. The molecular weight excluding hydrogens is 363 g/mol. The molecule has 152 valence electrons. The maximum Gasteiger partial charge on any atom is 0.226 e. The Morgan fingerprint density at radius 3 is 2.86 bits per heavy atom. The SMILES string of the molecule is CN=C(NCCCOC1CCOC1)NCCc1coc(-c2ccc(F)cc2)n1. The molecule has 2 heterocycles. The first kappa shape index (κ1) is 20.3. The molecule has 1 atom stereocenters. The number of hydrogen-bond donors (Lipinski definition) is 2. The number of hydrogen-bond acceptors (Lipinski definition) is 5. The van der Waals surface area contributed by atoms with Crippen molar-refractivity contribution in [2.45, 2.75) is 25.4 Å². The monoisotopic (exact) mass is 390 g/mol. The first-order chi connectivity index (χ1) is 13.7. The smallest absolute Gasteiger partial charge is 0.226 e. The maximum absolute atomic E-state index is 13.0. The van der Waals surface area contributed by atoms with Crippen molar-refractivity contribution >= 4 is 5.96 Å². The summed E-state index contributed by atoms with van der Waals surface area (Å²) in [5.74, 6) is 0.953. The van der Waals surface area contributed by atoms with E-state index >= 15 is 0 Å². The molecule has 2 N–H and O–H groups in total. The van der Waals surface area contributed by atoms with Gasteiger partial charge in [-0.05, 0) is 37.1 Å². The van der Waals surface area contributed by atoms with E-state index in [0.717, 1.165) is 43.2 Å². The summed E-state index contributed by atoms with van der Waals surface area (Å²) in [5, 5.41) is 6.52. The number of guanidine groups is 1. The molecule has 1 aromatic carbocycles. The predicted molar refractivity (Wildman–Crippen MR) is 105 cm³/mol. The Hall–Kier alpha value is -2.45. The average Bonchev–Trinajstić information content (AvgIpc) is 3.39. The molecular formula is C20H27FN4O3. The quantitative estimate of drug-likeness (QED) is 0.389. The fourth-order valence-electron chi connectivity index (χ4n) is 2.85. The van der Waals surface area contributed by atoms with Crippen molar-refractivity contribution in [3.8, 4) is 11.5 Å². The van der Waals surface area contributed by atoms with Crippen LogP contribution >= 0.6 is 0 Å². The zero-order chi connectivity index (χ0) is 19.6. The summed E-state index contributed by atoms with van der Waals surface area (Å²) in [5.41, 5.74) is 1.58. The normalized spacial score (nSPS) is 17.1. The van der Waals surface area contributed by atoms with E-state index in [1.807, 2.05) is 0 Å². The van der Waals surface area contributed by atoms with E-state index in [-0.39, 0.29) is 11.9 Å². The number of aromatic nitrogens is 1. The summed E-state index contributed by atoms with van der Waals surface area (Å²) >= 11 is 0. The molecule has 7 nitrogen and oxygen atoms in total. The van der Waals surface area contributed by atoms with Gasteiger partial charge in [-0.2, -0.15) is 0 Å². The van der Waals surface area contributed by atoms with E-state index < -0.39 is 0 Å². The van der Waals surface area contributed by atoms with Gasteiger partial charge in [-0.15, -0.1) is 0 Å². The van der Waals surface area contributed by atoms with Crippen molar-refractivity contribution < 1.29 is 18.3 Å². The zero-order valence-electron chi connectivity index (χ0n) is 16.1. The summed E-state index contributed by atoms with van der Waals surface area (Å²) < 4.78 is 29.5. The van der Waals surface area contributed by atoms with Gasteiger partial charge in [-0.25, -0.2) is 9.37 Å². The summed E-state index contributed by atoms with van der Waals surface area (Å²) in [6, 6.07) is 6.09. The molecule has 1 saturated heterocycles. The molecule has 28 heavy (non-hydrogen) atoms. The number of rotatable bonds is 9. The molecule has 0 radical (unpaired) electrons. The largest absolute Gasteiger partial charge is 0.444 e. The van der Waals surface area contributed by atoms with Crippen molar-refractivity contribution in [1.29, 1.82) is 0 Å². The predicted octanol–water partition coefficient (Wildman–Crippen LogP) is 2.38. The van der Waals surface area contributed by atoms with Crippen LogP contribution in [0.3, 0.4) is 0 Å². The highest BCUT2D eigenvalue weighted by Gasteiger charge is 2.15. The van der Waals surface area contributed by atoms with Gasteiger partial charge in [0.15, 0.2) is 5.96 Å². The van der Waals surface area contributed by atoms with Crippen LogP contribution in [0.4, 0.5) is 4.39 Å². The molecule has 3 rings (SSSR count). The molecule has 1 aliphatic rings. The van der Waals surface area contributed by atoms with Crippen molar-refractivity contribution in [2.24, 2.45) is 4.99 Å². The van der Waals surface area contributed by atoms with Crippen LogP contribution in [0.25, 0.3) is 11.5 Å². The third-order valence-electron chi connectivity index (χ3n) is 4.40. The van der Waals surface area contributed by atoms with E-state index in [0.29, 0.717) is 32.1 Å².